The van der Waals surface area contributed by atoms with Crippen LogP contribution in [0.4, 0.5) is 0 Å². The summed E-state index contributed by atoms with van der Waals surface area (Å²) in [5, 5.41) is 10.5. The van der Waals surface area contributed by atoms with Crippen molar-refractivity contribution < 1.29 is 5.11 Å². The third-order valence-electron chi connectivity index (χ3n) is 3.43. The predicted octanol–water partition coefficient (Wildman–Crippen LogP) is 3.77. The first-order valence-corrected chi connectivity index (χ1v) is 6.29. The van der Waals surface area contributed by atoms with E-state index >= 15 is 0 Å². The number of hydrogen-bond donors (Lipinski definition) is 1. The Bertz CT molecular complexity index is 375. The Labute approximate surface area is 99.6 Å². The molecule has 0 heterocycles. The van der Waals surface area contributed by atoms with E-state index in [2.05, 4.69) is 35.8 Å². The van der Waals surface area contributed by atoms with E-state index in [1.54, 1.807) is 0 Å². The molecule has 2 rings (SSSR count). The monoisotopic (exact) mass is 268 g/mol. The Morgan fingerprint density at radius 1 is 1.47 bits per heavy atom. The number of rotatable bonds is 1. The summed E-state index contributed by atoms with van der Waals surface area (Å²) in [4.78, 5) is 0. The van der Waals surface area contributed by atoms with Crippen molar-refractivity contribution in [3.8, 4) is 0 Å². The van der Waals surface area contributed by atoms with Crippen LogP contribution in [0.25, 0.3) is 0 Å². The van der Waals surface area contributed by atoms with Gasteiger partial charge in [0.25, 0.3) is 0 Å². The fraction of sp³-hybridized carbons (Fsp3) is 0.538. The molecule has 2 unspecified atom stereocenters. The van der Waals surface area contributed by atoms with Crippen LogP contribution in [0.1, 0.15) is 37.3 Å². The molecule has 0 spiro atoms. The summed E-state index contributed by atoms with van der Waals surface area (Å²) >= 11 is 3.49. The topological polar surface area (TPSA) is 20.2 Å². The van der Waals surface area contributed by atoms with Gasteiger partial charge in [0.1, 0.15) is 0 Å². The van der Waals surface area contributed by atoms with Gasteiger partial charge in [-0.2, -0.15) is 0 Å². The van der Waals surface area contributed by atoms with Crippen LogP contribution in [0.3, 0.4) is 0 Å². The third-order valence-corrected chi connectivity index (χ3v) is 4.32. The first kappa shape index (κ1) is 11.2. The Morgan fingerprint density at radius 2 is 2.20 bits per heavy atom. The molecule has 1 aromatic rings. The number of aryl methyl sites for hydroxylation is 1. The van der Waals surface area contributed by atoms with Crippen LogP contribution in [0, 0.1) is 12.8 Å². The number of hydrogen-bond acceptors (Lipinski definition) is 1. The highest BCUT2D eigenvalue weighted by atomic mass is 79.9. The van der Waals surface area contributed by atoms with E-state index < -0.39 is 5.60 Å². The quantitative estimate of drug-likeness (QED) is 0.822. The first-order valence-electron chi connectivity index (χ1n) is 5.50. The van der Waals surface area contributed by atoms with Crippen molar-refractivity contribution in [2.45, 2.75) is 38.7 Å². The van der Waals surface area contributed by atoms with Crippen molar-refractivity contribution in [1.29, 1.82) is 0 Å². The molecular weight excluding hydrogens is 252 g/mol. The zero-order valence-corrected chi connectivity index (χ0v) is 10.8. The maximum Gasteiger partial charge on any atom is 0.0899 e. The van der Waals surface area contributed by atoms with Crippen LogP contribution >= 0.6 is 15.9 Å². The molecule has 0 saturated heterocycles. The zero-order valence-electron chi connectivity index (χ0n) is 9.26. The molecule has 2 heteroatoms. The number of benzene rings is 1. The van der Waals surface area contributed by atoms with Gasteiger partial charge in [-0.25, -0.2) is 0 Å². The fourth-order valence-corrected chi connectivity index (χ4v) is 2.71. The van der Waals surface area contributed by atoms with E-state index in [0.29, 0.717) is 5.92 Å². The Morgan fingerprint density at radius 3 is 2.73 bits per heavy atom. The minimum atomic E-state index is -0.578. The molecular formula is C13H17BrO. The van der Waals surface area contributed by atoms with E-state index in [9.17, 15) is 5.11 Å². The SMILES string of the molecule is Cc1cc(C2(O)CCC(C)C2)ccc1Br. The van der Waals surface area contributed by atoms with Gasteiger partial charge in [0.05, 0.1) is 5.60 Å². The van der Waals surface area contributed by atoms with Crippen molar-refractivity contribution >= 4 is 15.9 Å². The Hall–Kier alpha value is -0.340. The minimum Gasteiger partial charge on any atom is -0.385 e. The maximum atomic E-state index is 10.5. The van der Waals surface area contributed by atoms with Gasteiger partial charge in [-0.15, -0.1) is 0 Å². The lowest BCUT2D eigenvalue weighted by Crippen LogP contribution is -2.21. The summed E-state index contributed by atoms with van der Waals surface area (Å²) in [5.41, 5.74) is 1.69. The van der Waals surface area contributed by atoms with Gasteiger partial charge in [-0.1, -0.05) is 35.0 Å². The second-order valence-corrected chi connectivity index (χ2v) is 5.70. The van der Waals surface area contributed by atoms with Crippen LogP contribution in [-0.4, -0.2) is 5.11 Å². The van der Waals surface area contributed by atoms with Crippen molar-refractivity contribution in [2.75, 3.05) is 0 Å². The Balaban J connectivity index is 2.33. The highest BCUT2D eigenvalue weighted by molar-refractivity contribution is 9.10. The third kappa shape index (κ3) is 2.11. The standard InChI is InChI=1S/C13H17BrO/c1-9-5-6-13(15,8-9)11-3-4-12(14)10(2)7-11/h3-4,7,9,15H,5-6,8H2,1-2H3. The van der Waals surface area contributed by atoms with Crippen LogP contribution < -0.4 is 0 Å². The summed E-state index contributed by atoms with van der Waals surface area (Å²) in [6.45, 7) is 4.28. The largest absolute Gasteiger partial charge is 0.385 e. The van der Waals surface area contributed by atoms with Crippen molar-refractivity contribution in [2.24, 2.45) is 5.92 Å². The highest BCUT2D eigenvalue weighted by Gasteiger charge is 2.36. The molecule has 0 radical (unpaired) electrons. The lowest BCUT2D eigenvalue weighted by molar-refractivity contribution is 0.0407. The van der Waals surface area contributed by atoms with E-state index in [1.807, 2.05) is 12.1 Å². The second kappa shape index (κ2) is 3.91. The molecule has 1 aliphatic rings. The van der Waals surface area contributed by atoms with E-state index in [4.69, 9.17) is 0 Å². The zero-order chi connectivity index (χ0) is 11.1. The molecule has 0 aromatic heterocycles. The highest BCUT2D eigenvalue weighted by Crippen LogP contribution is 2.42. The predicted molar refractivity (Wildman–Crippen MR) is 65.8 cm³/mol. The van der Waals surface area contributed by atoms with Crippen LogP contribution in [0.2, 0.25) is 0 Å². The molecule has 1 fully saturated rings. The molecule has 1 aliphatic carbocycles. The fourth-order valence-electron chi connectivity index (χ4n) is 2.46. The Kier molecular flexibility index (Phi) is 2.91. The van der Waals surface area contributed by atoms with Gasteiger partial charge in [0, 0.05) is 4.47 Å². The van der Waals surface area contributed by atoms with Gasteiger partial charge >= 0.3 is 0 Å². The number of aliphatic hydroxyl groups is 1. The molecule has 15 heavy (non-hydrogen) atoms. The molecule has 82 valence electrons. The summed E-state index contributed by atoms with van der Waals surface area (Å²) in [7, 11) is 0. The van der Waals surface area contributed by atoms with Gasteiger partial charge < -0.3 is 5.11 Å². The lowest BCUT2D eigenvalue weighted by Gasteiger charge is -2.23. The van der Waals surface area contributed by atoms with Crippen molar-refractivity contribution in [1.82, 2.24) is 0 Å². The lowest BCUT2D eigenvalue weighted by atomic mass is 9.90. The second-order valence-electron chi connectivity index (χ2n) is 4.84. The van der Waals surface area contributed by atoms with Crippen molar-refractivity contribution in [3.63, 3.8) is 0 Å². The smallest absolute Gasteiger partial charge is 0.0899 e. The molecule has 0 aliphatic heterocycles. The maximum absolute atomic E-state index is 10.5. The first-order chi connectivity index (χ1) is 7.01. The molecule has 0 amide bonds. The number of halogens is 1. The van der Waals surface area contributed by atoms with Gasteiger partial charge in [-0.3, -0.25) is 0 Å². The average molecular weight is 269 g/mol. The van der Waals surface area contributed by atoms with E-state index in [-0.39, 0.29) is 0 Å². The van der Waals surface area contributed by atoms with Crippen LogP contribution in [0.5, 0.6) is 0 Å². The molecule has 1 saturated carbocycles. The van der Waals surface area contributed by atoms with Gasteiger partial charge in [0.15, 0.2) is 0 Å². The van der Waals surface area contributed by atoms with Crippen LogP contribution in [0.15, 0.2) is 22.7 Å². The average Bonchev–Trinajstić information content (AvgIpc) is 2.52. The summed E-state index contributed by atoms with van der Waals surface area (Å²) in [6.07, 6.45) is 2.93. The van der Waals surface area contributed by atoms with Gasteiger partial charge in [0.2, 0.25) is 0 Å². The molecule has 2 atom stereocenters. The summed E-state index contributed by atoms with van der Waals surface area (Å²) in [5.74, 6) is 0.638. The minimum absolute atomic E-state index is 0.578. The molecule has 1 nitrogen and oxygen atoms in total. The summed E-state index contributed by atoms with van der Waals surface area (Å²) < 4.78 is 1.11. The van der Waals surface area contributed by atoms with E-state index in [0.717, 1.165) is 29.3 Å². The normalized spacial score (nSPS) is 30.8. The molecule has 1 aromatic carbocycles. The summed E-state index contributed by atoms with van der Waals surface area (Å²) in [6, 6.07) is 6.17. The van der Waals surface area contributed by atoms with E-state index in [1.165, 1.54) is 5.56 Å². The van der Waals surface area contributed by atoms with Crippen molar-refractivity contribution in [3.05, 3.63) is 33.8 Å². The van der Waals surface area contributed by atoms with Gasteiger partial charge in [-0.05, 0) is 49.3 Å². The van der Waals surface area contributed by atoms with Crippen LogP contribution in [-0.2, 0) is 5.60 Å². The molecule has 1 N–H and O–H groups in total. The molecule has 0 bridgehead atoms.